The fourth-order valence-corrected chi connectivity index (χ4v) is 3.71. The van der Waals surface area contributed by atoms with Crippen molar-refractivity contribution in [1.82, 2.24) is 4.98 Å². The van der Waals surface area contributed by atoms with Crippen molar-refractivity contribution in [2.24, 2.45) is 5.73 Å². The van der Waals surface area contributed by atoms with Gasteiger partial charge in [-0.1, -0.05) is 42.7 Å². The van der Waals surface area contributed by atoms with Gasteiger partial charge in [-0.2, -0.15) is 0 Å². The SMILES string of the molecule is Cc1cccc2sc(NC(=O)C3(N)CCCCC3)nc12. The number of hydrogen-bond acceptors (Lipinski definition) is 4. The molecule has 0 unspecified atom stereocenters. The fourth-order valence-electron chi connectivity index (χ4n) is 2.77. The molecule has 1 saturated carbocycles. The van der Waals surface area contributed by atoms with Crippen molar-refractivity contribution >= 4 is 32.6 Å². The summed E-state index contributed by atoms with van der Waals surface area (Å²) in [5, 5.41) is 3.56. The standard InChI is InChI=1S/C15H19N3OS/c1-10-6-5-7-11-12(10)17-14(20-11)18-13(19)15(16)8-3-2-4-9-15/h5-7H,2-4,8-9,16H2,1H3,(H,17,18,19). The molecule has 5 heteroatoms. The summed E-state index contributed by atoms with van der Waals surface area (Å²) < 4.78 is 1.09. The second kappa shape index (κ2) is 5.14. The first-order valence-electron chi connectivity index (χ1n) is 7.05. The molecule has 1 fully saturated rings. The molecule has 1 heterocycles. The highest BCUT2D eigenvalue weighted by atomic mass is 32.1. The highest BCUT2D eigenvalue weighted by Crippen LogP contribution is 2.30. The minimum Gasteiger partial charge on any atom is -0.317 e. The zero-order chi connectivity index (χ0) is 14.2. The number of nitrogens with zero attached hydrogens (tertiary/aromatic N) is 1. The Bertz CT molecular complexity index is 644. The summed E-state index contributed by atoms with van der Waals surface area (Å²) in [6, 6.07) is 6.06. The van der Waals surface area contributed by atoms with Gasteiger partial charge in [-0.05, 0) is 31.4 Å². The van der Waals surface area contributed by atoms with Gasteiger partial charge in [-0.25, -0.2) is 4.98 Å². The Balaban J connectivity index is 1.82. The molecule has 0 bridgehead atoms. The normalized spacial score (nSPS) is 18.1. The van der Waals surface area contributed by atoms with Crippen molar-refractivity contribution in [1.29, 1.82) is 0 Å². The summed E-state index contributed by atoms with van der Waals surface area (Å²) >= 11 is 1.50. The van der Waals surface area contributed by atoms with Crippen molar-refractivity contribution in [2.75, 3.05) is 5.32 Å². The summed E-state index contributed by atoms with van der Waals surface area (Å²) in [4.78, 5) is 16.9. The third kappa shape index (κ3) is 2.43. The number of fused-ring (bicyclic) bond motifs is 1. The Morgan fingerprint density at radius 2 is 2.10 bits per heavy atom. The van der Waals surface area contributed by atoms with Gasteiger partial charge in [-0.3, -0.25) is 4.79 Å². The van der Waals surface area contributed by atoms with Crippen LogP contribution in [0.25, 0.3) is 10.2 Å². The Kier molecular flexibility index (Phi) is 3.48. The largest absolute Gasteiger partial charge is 0.317 e. The van der Waals surface area contributed by atoms with Crippen LogP contribution in [0.1, 0.15) is 37.7 Å². The van der Waals surface area contributed by atoms with E-state index in [1.165, 1.54) is 17.8 Å². The van der Waals surface area contributed by atoms with Crippen LogP contribution >= 0.6 is 11.3 Å². The lowest BCUT2D eigenvalue weighted by Gasteiger charge is -2.31. The molecule has 106 valence electrons. The third-order valence-electron chi connectivity index (χ3n) is 4.04. The highest BCUT2D eigenvalue weighted by Gasteiger charge is 2.35. The van der Waals surface area contributed by atoms with E-state index in [0.29, 0.717) is 5.13 Å². The topological polar surface area (TPSA) is 68.0 Å². The third-order valence-corrected chi connectivity index (χ3v) is 4.98. The van der Waals surface area contributed by atoms with Crippen LogP contribution in [0.4, 0.5) is 5.13 Å². The summed E-state index contributed by atoms with van der Waals surface area (Å²) in [5.41, 5.74) is 7.61. The molecule has 0 spiro atoms. The van der Waals surface area contributed by atoms with E-state index in [4.69, 9.17) is 5.73 Å². The highest BCUT2D eigenvalue weighted by molar-refractivity contribution is 7.22. The minimum absolute atomic E-state index is 0.0890. The van der Waals surface area contributed by atoms with Crippen LogP contribution in [0.2, 0.25) is 0 Å². The summed E-state index contributed by atoms with van der Waals surface area (Å²) in [7, 11) is 0. The second-order valence-corrected chi connectivity index (χ2v) is 6.64. The number of carbonyl (C=O) groups is 1. The molecule has 0 atom stereocenters. The van der Waals surface area contributed by atoms with Gasteiger partial charge in [0.2, 0.25) is 5.91 Å². The van der Waals surface area contributed by atoms with Gasteiger partial charge in [0.15, 0.2) is 5.13 Å². The van der Waals surface area contributed by atoms with Crippen LogP contribution < -0.4 is 11.1 Å². The van der Waals surface area contributed by atoms with E-state index in [1.807, 2.05) is 25.1 Å². The average molecular weight is 289 g/mol. The van der Waals surface area contributed by atoms with Crippen molar-refractivity contribution in [3.8, 4) is 0 Å². The van der Waals surface area contributed by atoms with Crippen molar-refractivity contribution in [3.05, 3.63) is 23.8 Å². The number of anilines is 1. The van der Waals surface area contributed by atoms with E-state index in [9.17, 15) is 4.79 Å². The first-order chi connectivity index (χ1) is 9.58. The molecule has 2 aromatic rings. The lowest BCUT2D eigenvalue weighted by atomic mass is 9.82. The summed E-state index contributed by atoms with van der Waals surface area (Å²) in [6.45, 7) is 2.03. The Morgan fingerprint density at radius 3 is 2.80 bits per heavy atom. The molecule has 1 amide bonds. The van der Waals surface area contributed by atoms with Crippen LogP contribution in [0.15, 0.2) is 18.2 Å². The number of benzene rings is 1. The molecule has 1 aliphatic rings. The van der Waals surface area contributed by atoms with E-state index in [-0.39, 0.29) is 5.91 Å². The maximum Gasteiger partial charge on any atom is 0.246 e. The number of aryl methyl sites for hydroxylation is 1. The number of nitrogens with two attached hydrogens (primary N) is 1. The number of thiazole rings is 1. The number of carbonyl (C=O) groups excluding carboxylic acids is 1. The molecule has 3 N–H and O–H groups in total. The van der Waals surface area contributed by atoms with E-state index in [2.05, 4.69) is 10.3 Å². The van der Waals surface area contributed by atoms with Gasteiger partial charge in [0.25, 0.3) is 0 Å². The summed E-state index contributed by atoms with van der Waals surface area (Å²) in [6.07, 6.45) is 4.77. The van der Waals surface area contributed by atoms with E-state index < -0.39 is 5.54 Å². The van der Waals surface area contributed by atoms with E-state index in [1.54, 1.807) is 0 Å². The van der Waals surface area contributed by atoms with Crippen LogP contribution in [0.3, 0.4) is 0 Å². The van der Waals surface area contributed by atoms with Crippen molar-refractivity contribution < 1.29 is 4.79 Å². The maximum absolute atomic E-state index is 12.4. The van der Waals surface area contributed by atoms with Crippen LogP contribution in [-0.4, -0.2) is 16.4 Å². The van der Waals surface area contributed by atoms with Crippen molar-refractivity contribution in [2.45, 2.75) is 44.6 Å². The molecule has 1 aromatic carbocycles. The molecule has 3 rings (SSSR count). The van der Waals surface area contributed by atoms with Gasteiger partial charge in [0.05, 0.1) is 15.8 Å². The fraction of sp³-hybridized carbons (Fsp3) is 0.467. The molecule has 1 aromatic heterocycles. The average Bonchev–Trinajstić information content (AvgIpc) is 2.83. The van der Waals surface area contributed by atoms with Crippen LogP contribution in [-0.2, 0) is 4.79 Å². The lowest BCUT2D eigenvalue weighted by Crippen LogP contribution is -2.52. The second-order valence-electron chi connectivity index (χ2n) is 5.61. The Hall–Kier alpha value is -1.46. The van der Waals surface area contributed by atoms with Gasteiger partial charge in [-0.15, -0.1) is 0 Å². The number of amides is 1. The number of nitrogens with one attached hydrogen (secondary N) is 1. The van der Waals surface area contributed by atoms with Gasteiger partial charge >= 0.3 is 0 Å². The molecule has 0 saturated heterocycles. The smallest absolute Gasteiger partial charge is 0.246 e. The molecule has 0 aliphatic heterocycles. The molecular formula is C15H19N3OS. The molecule has 20 heavy (non-hydrogen) atoms. The van der Waals surface area contributed by atoms with E-state index in [0.717, 1.165) is 41.5 Å². The lowest BCUT2D eigenvalue weighted by molar-refractivity contribution is -0.122. The van der Waals surface area contributed by atoms with Gasteiger partial charge in [0, 0.05) is 0 Å². The summed E-state index contributed by atoms with van der Waals surface area (Å²) in [5.74, 6) is -0.0890. The molecule has 1 aliphatic carbocycles. The molecule has 4 nitrogen and oxygen atoms in total. The monoisotopic (exact) mass is 289 g/mol. The molecular weight excluding hydrogens is 270 g/mol. The number of para-hydroxylation sites is 1. The quantitative estimate of drug-likeness (QED) is 0.892. The van der Waals surface area contributed by atoms with Gasteiger partial charge in [0.1, 0.15) is 0 Å². The number of hydrogen-bond donors (Lipinski definition) is 2. The maximum atomic E-state index is 12.4. The first kappa shape index (κ1) is 13.5. The van der Waals surface area contributed by atoms with Gasteiger partial charge < -0.3 is 11.1 Å². The Labute approximate surface area is 122 Å². The van der Waals surface area contributed by atoms with Crippen molar-refractivity contribution in [3.63, 3.8) is 0 Å². The minimum atomic E-state index is -0.717. The van der Waals surface area contributed by atoms with Crippen LogP contribution in [0.5, 0.6) is 0 Å². The Morgan fingerprint density at radius 1 is 1.35 bits per heavy atom. The van der Waals surface area contributed by atoms with Crippen LogP contribution in [0, 0.1) is 6.92 Å². The molecule has 0 radical (unpaired) electrons. The number of rotatable bonds is 2. The zero-order valence-electron chi connectivity index (χ0n) is 11.6. The predicted octanol–water partition coefficient (Wildman–Crippen LogP) is 3.20. The first-order valence-corrected chi connectivity index (χ1v) is 7.87. The van der Waals surface area contributed by atoms with E-state index >= 15 is 0 Å². The number of aromatic nitrogens is 1. The zero-order valence-corrected chi connectivity index (χ0v) is 12.4. The predicted molar refractivity (Wildman–Crippen MR) is 83.0 cm³/mol.